The van der Waals surface area contributed by atoms with Gasteiger partial charge in [-0.1, -0.05) is 115 Å². The van der Waals surface area contributed by atoms with Crippen LogP contribution in [0.3, 0.4) is 0 Å². The highest BCUT2D eigenvalue weighted by Gasteiger charge is 2.56. The van der Waals surface area contributed by atoms with Crippen molar-refractivity contribution in [2.75, 3.05) is 19.0 Å². The predicted molar refractivity (Wildman–Crippen MR) is 203 cm³/mol. The number of allylic oxidation sites excluding steroid dienone is 2. The molecule has 7 rings (SSSR count). The molecule has 2 unspecified atom stereocenters. The zero-order valence-electron chi connectivity index (χ0n) is 28.8. The summed E-state index contributed by atoms with van der Waals surface area (Å²) >= 11 is 0. The van der Waals surface area contributed by atoms with Crippen LogP contribution in [0.2, 0.25) is 0 Å². The average Bonchev–Trinajstić information content (AvgIpc) is 3.41. The van der Waals surface area contributed by atoms with E-state index in [1.54, 1.807) is 0 Å². The highest BCUT2D eigenvalue weighted by Crippen LogP contribution is 2.55. The van der Waals surface area contributed by atoms with Crippen LogP contribution in [0.1, 0.15) is 56.6 Å². The first-order chi connectivity index (χ1) is 24.2. The third-order valence-electron chi connectivity index (χ3n) is 9.61. The second-order valence-electron chi connectivity index (χ2n) is 13.2. The van der Waals surface area contributed by atoms with Gasteiger partial charge in [0.1, 0.15) is 12.4 Å². The number of anilines is 1. The third-order valence-corrected chi connectivity index (χ3v) is 9.61. The molecule has 1 N–H and O–H groups in total. The van der Waals surface area contributed by atoms with Crippen LogP contribution in [-0.4, -0.2) is 25.8 Å². The van der Waals surface area contributed by atoms with Gasteiger partial charge < -0.3 is 19.8 Å². The maximum Gasteiger partial charge on any atom is 0.339 e. The average molecular weight is 657 g/mol. The van der Waals surface area contributed by atoms with E-state index in [1.807, 2.05) is 135 Å². The normalized spacial score (nSPS) is 16.1. The first-order valence-corrected chi connectivity index (χ1v) is 16.9. The molecule has 0 fully saturated rings. The third kappa shape index (κ3) is 6.07. The molecule has 6 aromatic rings. The Morgan fingerprint density at radius 1 is 0.800 bits per heavy atom. The number of carbonyl (C=O) groups is 1. The highest BCUT2D eigenvalue weighted by molar-refractivity contribution is 6.07. The molecule has 5 nitrogen and oxygen atoms in total. The van der Waals surface area contributed by atoms with E-state index in [9.17, 15) is 10.2 Å². The van der Waals surface area contributed by atoms with Gasteiger partial charge in [-0.15, -0.1) is 0 Å². The molecule has 0 saturated carbocycles. The molecule has 0 bridgehead atoms. The Balaban J connectivity index is 1.51. The van der Waals surface area contributed by atoms with Crippen LogP contribution in [0.15, 0.2) is 146 Å². The minimum atomic E-state index is -1.43. The van der Waals surface area contributed by atoms with Gasteiger partial charge in [0.2, 0.25) is 0 Å². The monoisotopic (exact) mass is 656 g/mol. The lowest BCUT2D eigenvalue weighted by Gasteiger charge is -2.39. The summed E-state index contributed by atoms with van der Waals surface area (Å²) in [6.45, 7) is 4.41. The van der Waals surface area contributed by atoms with E-state index >= 15 is 0 Å². The van der Waals surface area contributed by atoms with Gasteiger partial charge in [-0.2, -0.15) is 0 Å². The van der Waals surface area contributed by atoms with E-state index in [4.69, 9.17) is 9.47 Å². The van der Waals surface area contributed by atoms with Crippen molar-refractivity contribution in [2.45, 2.75) is 32.0 Å². The molecule has 0 radical (unpaired) electrons. The molecule has 5 heteroatoms. The number of benzene rings is 6. The van der Waals surface area contributed by atoms with Crippen LogP contribution in [-0.2, 0) is 16.9 Å². The summed E-state index contributed by atoms with van der Waals surface area (Å²) in [5.41, 5.74) is 6.71. The van der Waals surface area contributed by atoms with Crippen LogP contribution >= 0.6 is 0 Å². The zero-order valence-corrected chi connectivity index (χ0v) is 28.8. The smallest absolute Gasteiger partial charge is 0.339 e. The molecular formula is C45H40N2O3. The van der Waals surface area contributed by atoms with E-state index in [2.05, 4.69) is 43.3 Å². The second-order valence-corrected chi connectivity index (χ2v) is 13.2. The Labute approximate surface area is 293 Å². The van der Waals surface area contributed by atoms with E-state index in [1.165, 1.54) is 5.56 Å². The molecule has 0 aromatic heterocycles. The van der Waals surface area contributed by atoms with E-state index in [0.717, 1.165) is 38.7 Å². The van der Waals surface area contributed by atoms with Crippen molar-refractivity contribution >= 4 is 33.7 Å². The van der Waals surface area contributed by atoms with Gasteiger partial charge in [0.15, 0.2) is 5.60 Å². The fourth-order valence-corrected chi connectivity index (χ4v) is 6.99. The Morgan fingerprint density at radius 2 is 1.44 bits per heavy atom. The number of hydrogen-bond acceptors (Lipinski definition) is 5. The molecule has 248 valence electrons. The minimum Gasteiger partial charge on any atom is -0.488 e. The molecular weight excluding hydrogens is 617 g/mol. The summed E-state index contributed by atoms with van der Waals surface area (Å²) in [7, 11) is 3.98. The Morgan fingerprint density at radius 3 is 2.12 bits per heavy atom. The van der Waals surface area contributed by atoms with Crippen LogP contribution in [0.4, 0.5) is 5.69 Å². The molecule has 0 aliphatic carbocycles. The summed E-state index contributed by atoms with van der Waals surface area (Å²) in [5.74, 6) is -0.564. The molecule has 6 aromatic carbocycles. The number of fused-ring (bicyclic) bond motifs is 2. The van der Waals surface area contributed by atoms with Gasteiger partial charge in [-0.05, 0) is 77.2 Å². The van der Waals surface area contributed by atoms with Crippen molar-refractivity contribution < 1.29 is 14.3 Å². The van der Waals surface area contributed by atoms with Gasteiger partial charge in [0.25, 0.3) is 0 Å². The maximum atomic E-state index is 14.2. The Kier molecular flexibility index (Phi) is 8.82. The van der Waals surface area contributed by atoms with Crippen LogP contribution in [0, 0.1) is 12.3 Å². The van der Waals surface area contributed by atoms with Gasteiger partial charge in [-0.3, -0.25) is 0 Å². The molecule has 0 amide bonds. The Bertz CT molecular complexity index is 2220. The van der Waals surface area contributed by atoms with E-state index in [0.29, 0.717) is 34.8 Å². The first kappa shape index (κ1) is 32.6. The van der Waals surface area contributed by atoms with Crippen molar-refractivity contribution in [1.82, 2.24) is 0 Å². The Hall–Kier alpha value is -5.94. The first-order valence-electron chi connectivity index (χ1n) is 16.9. The summed E-state index contributed by atoms with van der Waals surface area (Å²) in [4.78, 5) is 16.3. The number of esters is 1. The number of aryl methyl sites for hydroxylation is 1. The molecule has 0 saturated heterocycles. The number of ether oxygens (including phenoxy) is 2. The lowest BCUT2D eigenvalue weighted by molar-refractivity contribution is 0.00598. The fraction of sp³-hybridized carbons (Fsp3) is 0.156. The van der Waals surface area contributed by atoms with Gasteiger partial charge in [0, 0.05) is 42.7 Å². The lowest BCUT2D eigenvalue weighted by atomic mass is 9.69. The van der Waals surface area contributed by atoms with Crippen molar-refractivity contribution in [3.05, 3.63) is 185 Å². The van der Waals surface area contributed by atoms with E-state index in [-0.39, 0.29) is 0 Å². The zero-order chi connectivity index (χ0) is 34.8. The highest BCUT2D eigenvalue weighted by atomic mass is 16.6. The second kappa shape index (κ2) is 13.5. The molecule has 1 heterocycles. The van der Waals surface area contributed by atoms with Crippen molar-refractivity contribution in [3.63, 3.8) is 0 Å². The molecule has 1 aliphatic rings. The molecule has 1 aliphatic heterocycles. The van der Waals surface area contributed by atoms with Crippen LogP contribution in [0.25, 0.3) is 16.3 Å². The van der Waals surface area contributed by atoms with Crippen LogP contribution in [0.5, 0.6) is 5.75 Å². The summed E-state index contributed by atoms with van der Waals surface area (Å²) in [6, 6.07) is 46.3. The fourth-order valence-electron chi connectivity index (χ4n) is 6.99. The van der Waals surface area contributed by atoms with Gasteiger partial charge >= 0.3 is 5.97 Å². The SMILES string of the molecule is CC(=CC(=N)C(c1ccccc1)C1(c2ccc(N(C)C)cc2OCc2ccccc2)OC(=O)c2cc3ccccc3cc21)c1ccc(C)cc1. The number of nitrogens with zero attached hydrogens (tertiary/aromatic N) is 1. The number of hydrogen-bond donors (Lipinski definition) is 1. The summed E-state index contributed by atoms with van der Waals surface area (Å²) in [5, 5.41) is 11.8. The standard InChI is InChI=1S/C45H40N2O3/c1-30-19-21-33(22-20-30)31(2)25-41(46)43(34-15-9-6-10-16-34)45(40-27-36-18-12-11-17-35(36)26-38(40)44(48)50-45)39-24-23-37(47(3)4)28-42(39)49-29-32-13-7-5-8-14-32/h5-28,43,46H,29H2,1-4H3. The molecule has 2 atom stereocenters. The van der Waals surface area contributed by atoms with Gasteiger partial charge in [-0.25, -0.2) is 4.79 Å². The number of nitrogens with one attached hydrogen (secondary N) is 1. The lowest BCUT2D eigenvalue weighted by Crippen LogP contribution is -2.39. The van der Waals surface area contributed by atoms with Gasteiger partial charge in [0.05, 0.1) is 11.5 Å². The van der Waals surface area contributed by atoms with Crippen molar-refractivity contribution in [1.29, 1.82) is 5.41 Å². The maximum absolute atomic E-state index is 14.2. The quantitative estimate of drug-likeness (QED) is 0.118. The minimum absolute atomic E-state index is 0.314. The number of carbonyl (C=O) groups excluding carboxylic acids is 1. The predicted octanol–water partition coefficient (Wildman–Crippen LogP) is 10.1. The van der Waals surface area contributed by atoms with Crippen molar-refractivity contribution in [2.24, 2.45) is 0 Å². The molecule has 0 spiro atoms. The number of cyclic esters (lactones) is 1. The summed E-state index contributed by atoms with van der Waals surface area (Å²) < 4.78 is 13.5. The van der Waals surface area contributed by atoms with E-state index < -0.39 is 17.5 Å². The topological polar surface area (TPSA) is 62.6 Å². The van der Waals surface area contributed by atoms with Crippen molar-refractivity contribution in [3.8, 4) is 5.75 Å². The largest absolute Gasteiger partial charge is 0.488 e. The summed E-state index contributed by atoms with van der Waals surface area (Å²) in [6.07, 6.45) is 1.91. The van der Waals surface area contributed by atoms with Crippen LogP contribution < -0.4 is 9.64 Å². The molecule has 50 heavy (non-hydrogen) atoms. The number of rotatable bonds is 10.